The van der Waals surface area contributed by atoms with Crippen LogP contribution in [0, 0.1) is 0 Å². The first-order valence-corrected chi connectivity index (χ1v) is 7.67. The molecule has 0 aliphatic carbocycles. The van der Waals surface area contributed by atoms with Gasteiger partial charge < -0.3 is 13.4 Å². The van der Waals surface area contributed by atoms with Gasteiger partial charge in [0.05, 0.1) is 17.1 Å². The summed E-state index contributed by atoms with van der Waals surface area (Å²) in [5, 5.41) is 5.81. The molecule has 1 atom stereocenters. The summed E-state index contributed by atoms with van der Waals surface area (Å²) in [6.07, 6.45) is 2.38. The fourth-order valence-corrected chi connectivity index (χ4v) is 3.20. The van der Waals surface area contributed by atoms with Crippen molar-refractivity contribution in [1.29, 1.82) is 0 Å². The lowest BCUT2D eigenvalue weighted by Crippen LogP contribution is -2.13. The van der Waals surface area contributed by atoms with Crippen molar-refractivity contribution in [1.82, 2.24) is 15.3 Å². The summed E-state index contributed by atoms with van der Waals surface area (Å²) in [6.45, 7) is 1.08. The highest BCUT2D eigenvalue weighted by atomic mass is 127. The minimum Gasteiger partial charge on any atom is -0.428 e. The number of fused-ring (bicyclic) bond motifs is 3. The van der Waals surface area contributed by atoms with Crippen LogP contribution in [0.1, 0.15) is 24.7 Å². The molecule has 0 spiro atoms. The Balaban J connectivity index is 1.90. The van der Waals surface area contributed by atoms with Crippen molar-refractivity contribution < 1.29 is 3.07 Å². The molecule has 20 heavy (non-hydrogen) atoms. The molecular weight excluding hydrogens is 365 g/mol. The van der Waals surface area contributed by atoms with Crippen LogP contribution in [0.5, 0.6) is 5.75 Å². The van der Waals surface area contributed by atoms with Gasteiger partial charge in [0, 0.05) is 5.39 Å². The van der Waals surface area contributed by atoms with E-state index in [0.717, 1.165) is 41.0 Å². The average Bonchev–Trinajstić information content (AvgIpc) is 3.15. The summed E-state index contributed by atoms with van der Waals surface area (Å²) in [4.78, 5) is 8.27. The Bertz CT molecular complexity index is 777. The van der Waals surface area contributed by atoms with Crippen molar-refractivity contribution >= 4 is 44.8 Å². The van der Waals surface area contributed by atoms with E-state index in [2.05, 4.69) is 28.5 Å². The summed E-state index contributed by atoms with van der Waals surface area (Å²) in [6, 6.07) is 10.7. The van der Waals surface area contributed by atoms with E-state index in [1.165, 1.54) is 11.8 Å². The SMILES string of the molecule is IOc1ccc2c(ccc3[nH]c(C4CCCN4)nc32)c1. The Morgan fingerprint density at radius 2 is 2.20 bits per heavy atom. The van der Waals surface area contributed by atoms with Crippen LogP contribution in [0.4, 0.5) is 0 Å². The van der Waals surface area contributed by atoms with E-state index < -0.39 is 0 Å². The molecule has 1 aromatic heterocycles. The summed E-state index contributed by atoms with van der Waals surface area (Å²) in [5.41, 5.74) is 2.15. The second-order valence-electron chi connectivity index (χ2n) is 5.19. The molecule has 3 aromatic rings. The topological polar surface area (TPSA) is 49.9 Å². The van der Waals surface area contributed by atoms with Crippen LogP contribution in [0.2, 0.25) is 0 Å². The maximum absolute atomic E-state index is 5.25. The minimum atomic E-state index is 0.370. The number of rotatable bonds is 2. The molecule has 0 radical (unpaired) electrons. The molecule has 0 amide bonds. The molecule has 1 unspecified atom stereocenters. The van der Waals surface area contributed by atoms with Crippen LogP contribution in [-0.4, -0.2) is 16.5 Å². The van der Waals surface area contributed by atoms with Crippen LogP contribution in [-0.2, 0) is 0 Å². The number of halogens is 1. The number of nitrogens with zero attached hydrogens (tertiary/aromatic N) is 1. The van der Waals surface area contributed by atoms with Gasteiger partial charge in [-0.15, -0.1) is 0 Å². The number of benzene rings is 2. The molecule has 0 saturated carbocycles. The third-order valence-corrected chi connectivity index (χ3v) is 4.45. The third kappa shape index (κ3) is 1.96. The number of aromatic amines is 1. The van der Waals surface area contributed by atoms with E-state index in [1.54, 1.807) is 0 Å². The number of imidazole rings is 1. The van der Waals surface area contributed by atoms with Crippen LogP contribution >= 0.6 is 23.0 Å². The Morgan fingerprint density at radius 3 is 3.00 bits per heavy atom. The van der Waals surface area contributed by atoms with Crippen molar-refractivity contribution in [3.8, 4) is 5.75 Å². The van der Waals surface area contributed by atoms with E-state index in [4.69, 9.17) is 8.05 Å². The molecule has 2 aromatic carbocycles. The smallest absolute Gasteiger partial charge is 0.192 e. The fourth-order valence-electron chi connectivity index (χ4n) is 2.93. The fraction of sp³-hybridized carbons (Fsp3) is 0.267. The van der Waals surface area contributed by atoms with Gasteiger partial charge in [-0.3, -0.25) is 0 Å². The lowest BCUT2D eigenvalue weighted by Gasteiger charge is -2.04. The maximum Gasteiger partial charge on any atom is 0.192 e. The molecule has 4 nitrogen and oxygen atoms in total. The highest BCUT2D eigenvalue weighted by molar-refractivity contribution is 14.1. The van der Waals surface area contributed by atoms with Gasteiger partial charge in [-0.1, -0.05) is 6.07 Å². The number of hydrogen-bond acceptors (Lipinski definition) is 3. The van der Waals surface area contributed by atoms with Gasteiger partial charge in [0.1, 0.15) is 11.6 Å². The molecule has 0 bridgehead atoms. The quantitative estimate of drug-likeness (QED) is 0.665. The molecule has 2 heterocycles. The van der Waals surface area contributed by atoms with Crippen LogP contribution in [0.3, 0.4) is 0 Å². The molecule has 2 N–H and O–H groups in total. The van der Waals surface area contributed by atoms with Gasteiger partial charge in [-0.05, 0) is 49.0 Å². The second kappa shape index (κ2) is 4.89. The summed E-state index contributed by atoms with van der Waals surface area (Å²) >= 11 is 1.90. The van der Waals surface area contributed by atoms with Crippen molar-refractivity contribution in [2.45, 2.75) is 18.9 Å². The predicted molar refractivity (Wildman–Crippen MR) is 88.2 cm³/mol. The molecule has 1 aliphatic rings. The van der Waals surface area contributed by atoms with Crippen molar-refractivity contribution in [3.05, 3.63) is 36.2 Å². The molecule has 1 saturated heterocycles. The zero-order valence-corrected chi connectivity index (χ0v) is 13.0. The summed E-state index contributed by atoms with van der Waals surface area (Å²) < 4.78 is 5.25. The standard InChI is InChI=1S/C15H14IN3O/c16-20-10-4-5-11-9(8-10)3-6-12-14(11)19-15(18-12)13-2-1-7-17-13/h3-6,8,13,17H,1-2,7H2,(H,18,19). The van der Waals surface area contributed by atoms with E-state index in [9.17, 15) is 0 Å². The van der Waals surface area contributed by atoms with Crippen molar-refractivity contribution in [3.63, 3.8) is 0 Å². The highest BCUT2D eigenvalue weighted by Gasteiger charge is 2.20. The number of nitrogens with one attached hydrogen (secondary N) is 2. The van der Waals surface area contributed by atoms with Gasteiger partial charge >= 0.3 is 0 Å². The maximum atomic E-state index is 5.25. The van der Waals surface area contributed by atoms with Crippen LogP contribution in [0.15, 0.2) is 30.3 Å². The monoisotopic (exact) mass is 379 g/mol. The molecule has 1 fully saturated rings. The Kier molecular flexibility index (Phi) is 3.03. The molecule has 102 valence electrons. The Hall–Kier alpha value is -1.34. The van der Waals surface area contributed by atoms with E-state index in [-0.39, 0.29) is 0 Å². The Morgan fingerprint density at radius 1 is 1.25 bits per heavy atom. The second-order valence-corrected chi connectivity index (χ2v) is 5.63. The zero-order valence-electron chi connectivity index (χ0n) is 10.8. The first-order valence-electron chi connectivity index (χ1n) is 6.79. The first-order chi connectivity index (χ1) is 9.85. The van der Waals surface area contributed by atoms with Crippen molar-refractivity contribution in [2.75, 3.05) is 6.54 Å². The highest BCUT2D eigenvalue weighted by Crippen LogP contribution is 2.30. The number of aromatic nitrogens is 2. The van der Waals surface area contributed by atoms with E-state index in [0.29, 0.717) is 6.04 Å². The molecule has 5 heteroatoms. The third-order valence-electron chi connectivity index (χ3n) is 3.94. The van der Waals surface area contributed by atoms with Gasteiger partial charge in [-0.25, -0.2) is 4.98 Å². The Labute approximate surface area is 130 Å². The predicted octanol–water partition coefficient (Wildman–Crippen LogP) is 3.87. The lowest BCUT2D eigenvalue weighted by atomic mass is 10.1. The summed E-state index contributed by atoms with van der Waals surface area (Å²) in [5.74, 6) is 1.92. The number of hydrogen-bond donors (Lipinski definition) is 2. The lowest BCUT2D eigenvalue weighted by molar-refractivity contribution is 0.614. The number of H-pyrrole nitrogens is 1. The first kappa shape index (κ1) is 12.4. The van der Waals surface area contributed by atoms with E-state index >= 15 is 0 Å². The van der Waals surface area contributed by atoms with Crippen LogP contribution in [0.25, 0.3) is 21.8 Å². The molecule has 1 aliphatic heterocycles. The average molecular weight is 379 g/mol. The zero-order chi connectivity index (χ0) is 13.5. The van der Waals surface area contributed by atoms with E-state index in [1.807, 2.05) is 35.1 Å². The van der Waals surface area contributed by atoms with Gasteiger partial charge in [-0.2, -0.15) is 0 Å². The van der Waals surface area contributed by atoms with Gasteiger partial charge in [0.15, 0.2) is 23.0 Å². The largest absolute Gasteiger partial charge is 0.428 e. The summed E-state index contributed by atoms with van der Waals surface area (Å²) in [7, 11) is 0. The van der Waals surface area contributed by atoms with Crippen molar-refractivity contribution in [2.24, 2.45) is 0 Å². The van der Waals surface area contributed by atoms with Gasteiger partial charge in [0.25, 0.3) is 0 Å². The molecular formula is C15H14IN3O. The van der Waals surface area contributed by atoms with Gasteiger partial charge in [0.2, 0.25) is 0 Å². The minimum absolute atomic E-state index is 0.370. The normalized spacial score (nSPS) is 18.9. The van der Waals surface area contributed by atoms with Crippen LogP contribution < -0.4 is 8.38 Å². The molecule has 4 rings (SSSR count).